The number of fused-ring (bicyclic) bond motifs is 1. The average Bonchev–Trinajstić information content (AvgIpc) is 3.53. The Hall–Kier alpha value is -3.02. The van der Waals surface area contributed by atoms with Crippen molar-refractivity contribution >= 4 is 17.8 Å². The maximum Gasteiger partial charge on any atom is 0.573 e. The zero-order valence-corrected chi connectivity index (χ0v) is 22.2. The summed E-state index contributed by atoms with van der Waals surface area (Å²) in [6.07, 6.45) is -3.14. The normalized spacial score (nSPS) is 26.5. The van der Waals surface area contributed by atoms with E-state index >= 15 is 0 Å². The molecule has 2 heterocycles. The van der Waals surface area contributed by atoms with Crippen molar-refractivity contribution in [2.24, 2.45) is 11.8 Å². The van der Waals surface area contributed by atoms with Crippen LogP contribution < -0.4 is 20.1 Å². The first kappa shape index (κ1) is 28.0. The Balaban J connectivity index is 1.49. The quantitative estimate of drug-likeness (QED) is 0.461. The molecule has 1 aliphatic carbocycles. The Morgan fingerprint density at radius 2 is 2.03 bits per heavy atom. The highest BCUT2D eigenvalue weighted by Crippen LogP contribution is 2.47. The van der Waals surface area contributed by atoms with Gasteiger partial charge in [0.1, 0.15) is 17.1 Å². The van der Waals surface area contributed by atoms with Crippen molar-refractivity contribution in [2.45, 2.75) is 83.0 Å². The molecule has 3 aliphatic rings. The van der Waals surface area contributed by atoms with Crippen LogP contribution in [0.15, 0.2) is 18.2 Å². The summed E-state index contributed by atoms with van der Waals surface area (Å²) >= 11 is 0. The maximum atomic E-state index is 13.4. The van der Waals surface area contributed by atoms with Crippen molar-refractivity contribution in [3.8, 4) is 11.5 Å². The number of benzene rings is 1. The molecule has 0 bridgehead atoms. The van der Waals surface area contributed by atoms with E-state index in [-0.39, 0.29) is 47.8 Å². The van der Waals surface area contributed by atoms with Crippen LogP contribution >= 0.6 is 0 Å². The van der Waals surface area contributed by atoms with E-state index < -0.39 is 29.3 Å². The topological polar surface area (TPSA) is 113 Å². The molecule has 38 heavy (non-hydrogen) atoms. The number of guanidine groups is 1. The Labute approximate surface area is 219 Å². The number of carbonyl (C=O) groups is 2. The fourth-order valence-electron chi connectivity index (χ4n) is 5.51. The molecule has 4 atom stereocenters. The molecule has 210 valence electrons. The highest BCUT2D eigenvalue weighted by Gasteiger charge is 2.53. The molecule has 0 aromatic heterocycles. The molecular formula is C26H35F3N4O5. The first-order valence-corrected chi connectivity index (χ1v) is 12.7. The summed E-state index contributed by atoms with van der Waals surface area (Å²) in [4.78, 5) is 27.8. The van der Waals surface area contributed by atoms with Gasteiger partial charge in [-0.1, -0.05) is 0 Å². The van der Waals surface area contributed by atoms with E-state index in [4.69, 9.17) is 14.9 Å². The highest BCUT2D eigenvalue weighted by molar-refractivity contribution is 5.99. The first-order valence-electron chi connectivity index (χ1n) is 12.7. The summed E-state index contributed by atoms with van der Waals surface area (Å²) in [7, 11) is 1.56. The minimum Gasteiger partial charge on any atom is -0.487 e. The Morgan fingerprint density at radius 3 is 2.66 bits per heavy atom. The third kappa shape index (κ3) is 6.33. The number of nitrogens with one attached hydrogen (secondary N) is 3. The van der Waals surface area contributed by atoms with Crippen LogP contribution in [-0.4, -0.2) is 59.9 Å². The zero-order chi connectivity index (χ0) is 28.0. The number of hydrogen-bond acceptors (Lipinski definition) is 6. The number of methoxy groups -OCH3 is 1. The Morgan fingerprint density at radius 1 is 1.32 bits per heavy atom. The number of alkyl halides is 3. The first-order chi connectivity index (χ1) is 17.6. The number of ether oxygens (including phenoxy) is 3. The summed E-state index contributed by atoms with van der Waals surface area (Å²) in [6, 6.07) is 3.03. The summed E-state index contributed by atoms with van der Waals surface area (Å²) < 4.78 is 53.3. The molecule has 2 aliphatic heterocycles. The molecule has 12 heteroatoms. The van der Waals surface area contributed by atoms with E-state index in [1.165, 1.54) is 23.1 Å². The monoisotopic (exact) mass is 540 g/mol. The lowest BCUT2D eigenvalue weighted by molar-refractivity contribution is -0.274. The molecule has 4 rings (SSSR count). The van der Waals surface area contributed by atoms with Gasteiger partial charge in [-0.25, -0.2) is 0 Å². The molecule has 1 saturated heterocycles. The van der Waals surface area contributed by atoms with Crippen LogP contribution in [0.2, 0.25) is 0 Å². The molecule has 2 amide bonds. The standard InChI is InChI=1S/C26H35F3N4O5/c1-24(2)13-21(34)33(23(30)32-24)19(8-9-36-5)16-11-17(16)22(35)31-18-12-25(3,4)38-20-10-14(6-7-15(18)20)37-26(27,28)29/h6-7,10,16-19H,8-9,11-13H2,1-5H3,(H2,30,32)(H,31,35)/t16?,17-,18-,19-/m1/s1. The van der Waals surface area contributed by atoms with Crippen LogP contribution in [0.25, 0.3) is 0 Å². The van der Waals surface area contributed by atoms with Gasteiger partial charge in [0.15, 0.2) is 5.96 Å². The van der Waals surface area contributed by atoms with Crippen LogP contribution in [0.4, 0.5) is 13.2 Å². The van der Waals surface area contributed by atoms with Crippen LogP contribution in [-0.2, 0) is 14.3 Å². The van der Waals surface area contributed by atoms with Gasteiger partial charge in [0.2, 0.25) is 11.8 Å². The van der Waals surface area contributed by atoms with Crippen molar-refractivity contribution < 1.29 is 37.0 Å². The van der Waals surface area contributed by atoms with Crippen molar-refractivity contribution in [3.63, 3.8) is 0 Å². The fourth-order valence-corrected chi connectivity index (χ4v) is 5.51. The number of amides is 2. The van der Waals surface area contributed by atoms with Gasteiger partial charge in [0.05, 0.1) is 6.04 Å². The molecule has 0 radical (unpaired) electrons. The molecular weight excluding hydrogens is 505 g/mol. The predicted octanol–water partition coefficient (Wildman–Crippen LogP) is 3.88. The summed E-state index contributed by atoms with van der Waals surface area (Å²) in [5.41, 5.74) is -0.690. The van der Waals surface area contributed by atoms with Crippen molar-refractivity contribution in [3.05, 3.63) is 23.8 Å². The number of carbonyl (C=O) groups excluding carboxylic acids is 2. The molecule has 3 N–H and O–H groups in total. The fraction of sp³-hybridized carbons (Fsp3) is 0.654. The van der Waals surface area contributed by atoms with Crippen molar-refractivity contribution in [1.29, 1.82) is 5.41 Å². The minimum absolute atomic E-state index is 0.0235. The van der Waals surface area contributed by atoms with E-state index in [1.54, 1.807) is 21.0 Å². The smallest absolute Gasteiger partial charge is 0.487 e. The van der Waals surface area contributed by atoms with Gasteiger partial charge >= 0.3 is 6.36 Å². The molecule has 2 fully saturated rings. The number of rotatable bonds is 8. The van der Waals surface area contributed by atoms with E-state index in [0.717, 1.165) is 0 Å². The van der Waals surface area contributed by atoms with Crippen LogP contribution in [0.1, 0.15) is 65.0 Å². The third-order valence-corrected chi connectivity index (χ3v) is 7.17. The lowest BCUT2D eigenvalue weighted by Crippen LogP contribution is -2.63. The van der Waals surface area contributed by atoms with Gasteiger partial charge < -0.3 is 24.8 Å². The number of nitrogens with zero attached hydrogens (tertiary/aromatic N) is 1. The highest BCUT2D eigenvalue weighted by atomic mass is 19.4. The van der Waals surface area contributed by atoms with Gasteiger partial charge in [-0.2, -0.15) is 0 Å². The predicted molar refractivity (Wildman–Crippen MR) is 132 cm³/mol. The van der Waals surface area contributed by atoms with Crippen LogP contribution in [0, 0.1) is 17.2 Å². The molecule has 1 aromatic rings. The second-order valence-electron chi connectivity index (χ2n) is 11.5. The van der Waals surface area contributed by atoms with Gasteiger partial charge in [0, 0.05) is 55.7 Å². The van der Waals surface area contributed by atoms with Gasteiger partial charge in [-0.05, 0) is 58.6 Å². The van der Waals surface area contributed by atoms with E-state index in [9.17, 15) is 22.8 Å². The second-order valence-corrected chi connectivity index (χ2v) is 11.5. The van der Waals surface area contributed by atoms with E-state index in [0.29, 0.717) is 31.4 Å². The zero-order valence-electron chi connectivity index (χ0n) is 22.2. The lowest BCUT2D eigenvalue weighted by Gasteiger charge is -2.42. The summed E-state index contributed by atoms with van der Waals surface area (Å²) in [5, 5.41) is 14.6. The van der Waals surface area contributed by atoms with Crippen LogP contribution in [0.3, 0.4) is 0 Å². The van der Waals surface area contributed by atoms with E-state index in [2.05, 4.69) is 15.4 Å². The van der Waals surface area contributed by atoms with Crippen molar-refractivity contribution in [2.75, 3.05) is 13.7 Å². The summed E-state index contributed by atoms with van der Waals surface area (Å²) in [5.74, 6) is -1.03. The SMILES string of the molecule is COCC[C@H](C1C[C@H]1C(=O)N[C@@H]1CC(C)(C)Oc2cc(OC(F)(F)F)ccc21)N1C(=N)NC(C)(C)CC1=O. The number of halogens is 3. The van der Waals surface area contributed by atoms with Crippen LogP contribution in [0.5, 0.6) is 11.5 Å². The maximum absolute atomic E-state index is 13.4. The van der Waals surface area contributed by atoms with E-state index in [1.807, 2.05) is 13.8 Å². The molecule has 0 spiro atoms. The summed E-state index contributed by atoms with van der Waals surface area (Å²) in [6.45, 7) is 7.70. The molecule has 1 saturated carbocycles. The molecule has 9 nitrogen and oxygen atoms in total. The Bertz CT molecular complexity index is 1090. The number of hydrogen-bond donors (Lipinski definition) is 3. The van der Waals surface area contributed by atoms with Gasteiger partial charge in [-0.15, -0.1) is 13.2 Å². The van der Waals surface area contributed by atoms with Gasteiger partial charge in [-0.3, -0.25) is 19.9 Å². The molecule has 1 aromatic carbocycles. The lowest BCUT2D eigenvalue weighted by atomic mass is 9.89. The largest absolute Gasteiger partial charge is 0.573 e. The Kier molecular flexibility index (Phi) is 7.32. The van der Waals surface area contributed by atoms with Crippen molar-refractivity contribution in [1.82, 2.24) is 15.5 Å². The average molecular weight is 541 g/mol. The molecule has 1 unspecified atom stereocenters. The minimum atomic E-state index is -4.83. The van der Waals surface area contributed by atoms with Gasteiger partial charge in [0.25, 0.3) is 0 Å². The second kappa shape index (κ2) is 9.94. The third-order valence-electron chi connectivity index (χ3n) is 7.17.